The normalized spacial score (nSPS) is 12.7. The zero-order valence-corrected chi connectivity index (χ0v) is 16.9. The van der Waals surface area contributed by atoms with Crippen molar-refractivity contribution in [2.75, 3.05) is 29.2 Å². The van der Waals surface area contributed by atoms with Crippen LogP contribution in [0.3, 0.4) is 0 Å². The zero-order chi connectivity index (χ0) is 20.6. The van der Waals surface area contributed by atoms with Crippen molar-refractivity contribution in [2.24, 2.45) is 0 Å². The number of ether oxygens (including phenoxy) is 1. The second-order valence-electron chi connectivity index (χ2n) is 6.61. The lowest BCUT2D eigenvalue weighted by Crippen LogP contribution is -2.27. The van der Waals surface area contributed by atoms with Crippen LogP contribution in [0.5, 0.6) is 5.75 Å². The van der Waals surface area contributed by atoms with Crippen LogP contribution in [0, 0.1) is 0 Å². The van der Waals surface area contributed by atoms with Gasteiger partial charge in [-0.15, -0.1) is 11.8 Å². The quantitative estimate of drug-likeness (QED) is 0.587. The molecule has 1 fully saturated rings. The number of carbonyl (C=O) groups excluding carboxylic acids is 3. The van der Waals surface area contributed by atoms with E-state index >= 15 is 0 Å². The van der Waals surface area contributed by atoms with Crippen LogP contribution in [-0.2, 0) is 9.59 Å². The molecular formula is C21H23N3O4S. The van der Waals surface area contributed by atoms with Gasteiger partial charge in [0.2, 0.25) is 11.8 Å². The molecule has 152 valence electrons. The molecule has 3 amide bonds. The first-order valence-corrected chi connectivity index (χ1v) is 10.4. The van der Waals surface area contributed by atoms with E-state index in [1.807, 2.05) is 0 Å². The topological polar surface area (TPSA) is 96.5 Å². The number of para-hydroxylation sites is 1. The SMILES string of the molecule is COc1ccc(NC(=O)CSCC(=O)Nc2ccccc2C(=O)NC2CC2)cc1. The summed E-state index contributed by atoms with van der Waals surface area (Å²) in [6.45, 7) is 0. The maximum absolute atomic E-state index is 12.3. The minimum absolute atomic E-state index is 0.106. The van der Waals surface area contributed by atoms with Gasteiger partial charge in [-0.2, -0.15) is 0 Å². The minimum Gasteiger partial charge on any atom is -0.497 e. The Labute approximate surface area is 173 Å². The molecule has 29 heavy (non-hydrogen) atoms. The Morgan fingerprint density at radius 2 is 1.62 bits per heavy atom. The van der Waals surface area contributed by atoms with Crippen LogP contribution in [0.2, 0.25) is 0 Å². The Morgan fingerprint density at radius 3 is 2.28 bits per heavy atom. The van der Waals surface area contributed by atoms with Gasteiger partial charge in [-0.05, 0) is 49.2 Å². The molecule has 3 rings (SSSR count). The molecule has 2 aromatic carbocycles. The summed E-state index contributed by atoms with van der Waals surface area (Å²) in [6.07, 6.45) is 1.99. The Bertz CT molecular complexity index is 882. The number of anilines is 2. The van der Waals surface area contributed by atoms with E-state index < -0.39 is 0 Å². The van der Waals surface area contributed by atoms with Gasteiger partial charge < -0.3 is 20.7 Å². The second kappa shape index (κ2) is 9.97. The highest BCUT2D eigenvalue weighted by Gasteiger charge is 2.25. The largest absolute Gasteiger partial charge is 0.497 e. The Balaban J connectivity index is 1.43. The number of methoxy groups -OCH3 is 1. The van der Waals surface area contributed by atoms with E-state index in [4.69, 9.17) is 4.74 Å². The highest BCUT2D eigenvalue weighted by molar-refractivity contribution is 8.00. The van der Waals surface area contributed by atoms with Crippen LogP contribution in [0.25, 0.3) is 0 Å². The molecule has 1 aliphatic rings. The lowest BCUT2D eigenvalue weighted by atomic mass is 10.1. The van der Waals surface area contributed by atoms with Crippen molar-refractivity contribution in [1.29, 1.82) is 0 Å². The number of hydrogen-bond donors (Lipinski definition) is 3. The fraction of sp³-hybridized carbons (Fsp3) is 0.286. The summed E-state index contributed by atoms with van der Waals surface area (Å²) in [7, 11) is 1.58. The molecule has 0 bridgehead atoms. The Kier molecular flexibility index (Phi) is 7.13. The molecule has 0 saturated heterocycles. The number of thioether (sulfide) groups is 1. The fourth-order valence-corrected chi connectivity index (χ4v) is 3.19. The summed E-state index contributed by atoms with van der Waals surface area (Å²) in [5.74, 6) is 0.309. The van der Waals surface area contributed by atoms with Gasteiger partial charge in [0.1, 0.15) is 5.75 Å². The number of hydrogen-bond acceptors (Lipinski definition) is 5. The molecule has 2 aromatic rings. The fourth-order valence-electron chi connectivity index (χ4n) is 2.58. The molecule has 1 aliphatic carbocycles. The lowest BCUT2D eigenvalue weighted by molar-refractivity contribution is -0.114. The van der Waals surface area contributed by atoms with Crippen LogP contribution in [0.4, 0.5) is 11.4 Å². The van der Waals surface area contributed by atoms with Crippen LogP contribution in [0.1, 0.15) is 23.2 Å². The van der Waals surface area contributed by atoms with Crippen molar-refractivity contribution in [3.8, 4) is 5.75 Å². The maximum atomic E-state index is 12.3. The first-order valence-electron chi connectivity index (χ1n) is 9.26. The van der Waals surface area contributed by atoms with Crippen molar-refractivity contribution in [3.05, 3.63) is 54.1 Å². The number of amides is 3. The predicted octanol–water partition coefficient (Wildman–Crippen LogP) is 2.90. The summed E-state index contributed by atoms with van der Waals surface area (Å²) < 4.78 is 5.07. The van der Waals surface area contributed by atoms with Gasteiger partial charge in [0.15, 0.2) is 0 Å². The Morgan fingerprint density at radius 1 is 0.966 bits per heavy atom. The number of nitrogens with one attached hydrogen (secondary N) is 3. The molecule has 8 heteroatoms. The van der Waals surface area contributed by atoms with Gasteiger partial charge in [0.05, 0.1) is 29.9 Å². The molecule has 3 N–H and O–H groups in total. The molecule has 0 unspecified atom stereocenters. The van der Waals surface area contributed by atoms with Crippen LogP contribution >= 0.6 is 11.8 Å². The van der Waals surface area contributed by atoms with Crippen molar-refractivity contribution in [3.63, 3.8) is 0 Å². The molecular weight excluding hydrogens is 390 g/mol. The first kappa shape index (κ1) is 20.7. The summed E-state index contributed by atoms with van der Waals surface area (Å²) in [4.78, 5) is 36.5. The summed E-state index contributed by atoms with van der Waals surface area (Å²) in [5, 5.41) is 8.44. The average molecular weight is 413 g/mol. The second-order valence-corrected chi connectivity index (χ2v) is 7.60. The van der Waals surface area contributed by atoms with E-state index in [-0.39, 0.29) is 35.3 Å². The lowest BCUT2D eigenvalue weighted by Gasteiger charge is -2.11. The molecule has 7 nitrogen and oxygen atoms in total. The molecule has 0 aliphatic heterocycles. The minimum atomic E-state index is -0.265. The van der Waals surface area contributed by atoms with Gasteiger partial charge in [-0.1, -0.05) is 12.1 Å². The average Bonchev–Trinajstić information content (AvgIpc) is 3.53. The number of benzene rings is 2. The van der Waals surface area contributed by atoms with Gasteiger partial charge >= 0.3 is 0 Å². The number of carbonyl (C=O) groups is 3. The predicted molar refractivity (Wildman–Crippen MR) is 115 cm³/mol. The number of rotatable bonds is 9. The van der Waals surface area contributed by atoms with Crippen molar-refractivity contribution < 1.29 is 19.1 Å². The summed E-state index contributed by atoms with van der Waals surface area (Å²) >= 11 is 1.20. The van der Waals surface area contributed by atoms with E-state index in [0.717, 1.165) is 12.8 Å². The van der Waals surface area contributed by atoms with Crippen molar-refractivity contribution >= 4 is 40.9 Å². The molecule has 0 radical (unpaired) electrons. The van der Waals surface area contributed by atoms with Crippen LogP contribution in [0.15, 0.2) is 48.5 Å². The third kappa shape index (κ3) is 6.53. The Hall–Kier alpha value is -3.00. The molecule has 0 heterocycles. The van der Waals surface area contributed by atoms with E-state index in [0.29, 0.717) is 22.7 Å². The van der Waals surface area contributed by atoms with Crippen molar-refractivity contribution in [2.45, 2.75) is 18.9 Å². The van der Waals surface area contributed by atoms with Crippen LogP contribution < -0.4 is 20.7 Å². The standard InChI is InChI=1S/C21H23N3O4S/c1-28-16-10-8-14(9-11-16)22-19(25)12-29-13-20(26)24-18-5-3-2-4-17(18)21(27)23-15-6-7-15/h2-5,8-11,15H,6-7,12-13H2,1H3,(H,22,25)(H,23,27)(H,24,26). The van der Waals surface area contributed by atoms with Crippen molar-refractivity contribution in [1.82, 2.24) is 5.32 Å². The zero-order valence-electron chi connectivity index (χ0n) is 16.1. The highest BCUT2D eigenvalue weighted by atomic mass is 32.2. The molecule has 1 saturated carbocycles. The molecule has 0 spiro atoms. The van der Waals surface area contributed by atoms with Crippen LogP contribution in [-0.4, -0.2) is 42.4 Å². The molecule has 0 atom stereocenters. The van der Waals surface area contributed by atoms with E-state index in [9.17, 15) is 14.4 Å². The van der Waals surface area contributed by atoms with Gasteiger partial charge in [-0.25, -0.2) is 0 Å². The third-order valence-corrected chi connectivity index (χ3v) is 5.13. The first-order chi connectivity index (χ1) is 14.0. The van der Waals surface area contributed by atoms with E-state index in [1.165, 1.54) is 11.8 Å². The van der Waals surface area contributed by atoms with E-state index in [2.05, 4.69) is 16.0 Å². The van der Waals surface area contributed by atoms with Gasteiger partial charge in [-0.3, -0.25) is 14.4 Å². The maximum Gasteiger partial charge on any atom is 0.253 e. The monoisotopic (exact) mass is 413 g/mol. The van der Waals surface area contributed by atoms with E-state index in [1.54, 1.807) is 55.6 Å². The highest BCUT2D eigenvalue weighted by Crippen LogP contribution is 2.22. The molecule has 0 aromatic heterocycles. The summed E-state index contributed by atoms with van der Waals surface area (Å²) in [5.41, 5.74) is 1.57. The van der Waals surface area contributed by atoms with Gasteiger partial charge in [0, 0.05) is 11.7 Å². The summed E-state index contributed by atoms with van der Waals surface area (Å²) in [6, 6.07) is 14.2. The van der Waals surface area contributed by atoms with Gasteiger partial charge in [0.25, 0.3) is 5.91 Å². The third-order valence-electron chi connectivity index (χ3n) is 4.20. The smallest absolute Gasteiger partial charge is 0.253 e.